The molecule has 0 saturated carbocycles. The Morgan fingerprint density at radius 2 is 1.67 bits per heavy atom. The first-order valence-corrected chi connectivity index (χ1v) is 7.32. The third kappa shape index (κ3) is 1.91. The molecule has 4 aromatic rings. The van der Waals surface area contributed by atoms with Gasteiger partial charge in [0.05, 0.1) is 11.2 Å². The maximum atomic E-state index is 4.85. The van der Waals surface area contributed by atoms with Gasteiger partial charge in [-0.2, -0.15) is 0 Å². The number of aryl methyl sites for hydroxylation is 1. The summed E-state index contributed by atoms with van der Waals surface area (Å²) in [5.41, 5.74) is 5.62. The van der Waals surface area contributed by atoms with Crippen LogP contribution >= 0.6 is 0 Å². The van der Waals surface area contributed by atoms with Crippen molar-refractivity contribution < 1.29 is 0 Å². The highest BCUT2D eigenvalue weighted by Gasteiger charge is 2.12. The lowest BCUT2D eigenvalue weighted by Crippen LogP contribution is -1.92. The molecule has 2 nitrogen and oxygen atoms in total. The lowest BCUT2D eigenvalue weighted by molar-refractivity contribution is 1.05. The number of benzene rings is 2. The lowest BCUT2D eigenvalue weighted by atomic mass is 10.1. The summed E-state index contributed by atoms with van der Waals surface area (Å²) in [4.78, 5) is 8.39. The maximum absolute atomic E-state index is 4.85. The monoisotopic (exact) mass is 272 g/mol. The van der Waals surface area contributed by atoms with Crippen LogP contribution in [0.5, 0.6) is 0 Å². The molecular weight excluding hydrogens is 256 g/mol. The minimum absolute atomic E-state index is 0.940. The molecule has 102 valence electrons. The highest BCUT2D eigenvalue weighted by Crippen LogP contribution is 2.32. The van der Waals surface area contributed by atoms with Gasteiger partial charge in [0.25, 0.3) is 0 Å². The zero-order valence-electron chi connectivity index (χ0n) is 11.9. The van der Waals surface area contributed by atoms with Crippen molar-refractivity contribution in [1.82, 2.24) is 9.97 Å². The van der Waals surface area contributed by atoms with Crippen LogP contribution in [-0.4, -0.2) is 9.97 Å². The van der Waals surface area contributed by atoms with E-state index >= 15 is 0 Å². The van der Waals surface area contributed by atoms with Gasteiger partial charge in [-0.3, -0.25) is 4.98 Å². The van der Waals surface area contributed by atoms with E-state index < -0.39 is 0 Å². The van der Waals surface area contributed by atoms with Crippen LogP contribution in [0.25, 0.3) is 33.1 Å². The average Bonchev–Trinajstić information content (AvgIpc) is 2.93. The Morgan fingerprint density at radius 3 is 2.48 bits per heavy atom. The van der Waals surface area contributed by atoms with Crippen molar-refractivity contribution in [2.75, 3.05) is 0 Å². The number of para-hydroxylation sites is 1. The molecule has 0 aliphatic rings. The summed E-state index contributed by atoms with van der Waals surface area (Å²) in [6, 6.07) is 21.0. The molecule has 0 bridgehead atoms. The molecule has 0 atom stereocenters. The van der Waals surface area contributed by atoms with E-state index in [1.165, 1.54) is 16.3 Å². The van der Waals surface area contributed by atoms with Gasteiger partial charge in [-0.05, 0) is 18.6 Å². The van der Waals surface area contributed by atoms with Crippen molar-refractivity contribution in [3.05, 3.63) is 66.4 Å². The molecule has 0 aliphatic carbocycles. The zero-order valence-corrected chi connectivity index (χ0v) is 11.9. The fourth-order valence-electron chi connectivity index (χ4n) is 2.88. The van der Waals surface area contributed by atoms with Crippen molar-refractivity contribution >= 4 is 21.8 Å². The topological polar surface area (TPSA) is 28.7 Å². The van der Waals surface area contributed by atoms with Crippen molar-refractivity contribution in [2.45, 2.75) is 13.3 Å². The van der Waals surface area contributed by atoms with Gasteiger partial charge < -0.3 is 4.98 Å². The number of fused-ring (bicyclic) bond motifs is 3. The minimum Gasteiger partial charge on any atom is -0.353 e. The second-order valence-electron chi connectivity index (χ2n) is 5.27. The van der Waals surface area contributed by atoms with Crippen molar-refractivity contribution in [3.8, 4) is 11.3 Å². The molecule has 4 rings (SSSR count). The average molecular weight is 272 g/mol. The van der Waals surface area contributed by atoms with Crippen molar-refractivity contribution in [3.63, 3.8) is 0 Å². The van der Waals surface area contributed by atoms with Crippen LogP contribution in [0.2, 0.25) is 0 Å². The number of hydrogen-bond acceptors (Lipinski definition) is 1. The van der Waals surface area contributed by atoms with Crippen molar-refractivity contribution in [1.29, 1.82) is 0 Å². The summed E-state index contributed by atoms with van der Waals surface area (Å²) in [6.45, 7) is 2.15. The molecule has 0 radical (unpaired) electrons. The normalized spacial score (nSPS) is 11.3. The second kappa shape index (κ2) is 4.74. The maximum Gasteiger partial charge on any atom is 0.0946 e. The highest BCUT2D eigenvalue weighted by atomic mass is 14.8. The Morgan fingerprint density at radius 1 is 0.905 bits per heavy atom. The molecule has 21 heavy (non-hydrogen) atoms. The van der Waals surface area contributed by atoms with Crippen LogP contribution in [0.4, 0.5) is 0 Å². The molecule has 1 N–H and O–H groups in total. The molecule has 0 saturated heterocycles. The van der Waals surface area contributed by atoms with E-state index in [1.54, 1.807) is 0 Å². The molecule has 0 fully saturated rings. The number of nitrogens with one attached hydrogen (secondary N) is 1. The molecule has 0 aliphatic heterocycles. The minimum atomic E-state index is 0.940. The first-order chi connectivity index (χ1) is 10.4. The van der Waals surface area contributed by atoms with Crippen LogP contribution in [0.1, 0.15) is 12.6 Å². The van der Waals surface area contributed by atoms with Gasteiger partial charge in [0.1, 0.15) is 0 Å². The van der Waals surface area contributed by atoms with Gasteiger partial charge >= 0.3 is 0 Å². The van der Waals surface area contributed by atoms with E-state index in [2.05, 4.69) is 66.5 Å². The van der Waals surface area contributed by atoms with Gasteiger partial charge in [0.15, 0.2) is 0 Å². The van der Waals surface area contributed by atoms with E-state index in [9.17, 15) is 0 Å². The summed E-state index contributed by atoms with van der Waals surface area (Å²) < 4.78 is 0. The number of rotatable bonds is 2. The predicted octanol–water partition coefficient (Wildman–Crippen LogP) is 4.95. The van der Waals surface area contributed by atoms with Gasteiger partial charge in [-0.15, -0.1) is 0 Å². The van der Waals surface area contributed by atoms with Crippen molar-refractivity contribution in [2.24, 2.45) is 0 Å². The van der Waals surface area contributed by atoms with E-state index in [0.29, 0.717) is 0 Å². The fraction of sp³-hybridized carbons (Fsp3) is 0.105. The van der Waals surface area contributed by atoms with Gasteiger partial charge in [0.2, 0.25) is 0 Å². The number of aromatic nitrogens is 2. The molecule has 2 heteroatoms. The Hall–Kier alpha value is -2.61. The van der Waals surface area contributed by atoms with Crippen LogP contribution in [-0.2, 0) is 6.42 Å². The summed E-state index contributed by atoms with van der Waals surface area (Å²) in [5, 5.41) is 2.53. The molecule has 2 aromatic carbocycles. The number of aromatic amines is 1. The van der Waals surface area contributed by atoms with E-state index in [4.69, 9.17) is 4.98 Å². The van der Waals surface area contributed by atoms with Crippen LogP contribution in [0.15, 0.2) is 60.7 Å². The number of hydrogen-bond donors (Lipinski definition) is 1. The standard InChI is InChI=1S/C19H16N2/c1-2-14-12-16-15-10-6-7-11-17(15)21-19(16)18(20-14)13-8-4-3-5-9-13/h3-12,21H,2H2,1H3. The summed E-state index contributed by atoms with van der Waals surface area (Å²) in [5.74, 6) is 0. The summed E-state index contributed by atoms with van der Waals surface area (Å²) >= 11 is 0. The summed E-state index contributed by atoms with van der Waals surface area (Å²) in [6.07, 6.45) is 0.940. The van der Waals surface area contributed by atoms with Gasteiger partial charge in [-0.1, -0.05) is 55.5 Å². The SMILES string of the molecule is CCc1cc2c([nH]c3ccccc32)c(-c2ccccc2)n1. The molecular formula is C19H16N2. The zero-order chi connectivity index (χ0) is 14.2. The quantitative estimate of drug-likeness (QED) is 0.549. The van der Waals surface area contributed by atoms with Gasteiger partial charge in [-0.25, -0.2) is 0 Å². The Bertz CT molecular complexity index is 920. The largest absolute Gasteiger partial charge is 0.353 e. The molecule has 0 spiro atoms. The first-order valence-electron chi connectivity index (χ1n) is 7.32. The Balaban J connectivity index is 2.14. The molecule has 0 amide bonds. The van der Waals surface area contributed by atoms with E-state index in [-0.39, 0.29) is 0 Å². The fourth-order valence-corrected chi connectivity index (χ4v) is 2.88. The second-order valence-corrected chi connectivity index (χ2v) is 5.27. The van der Waals surface area contributed by atoms with Gasteiger partial charge in [0, 0.05) is 27.5 Å². The van der Waals surface area contributed by atoms with E-state index in [1.807, 2.05) is 6.07 Å². The lowest BCUT2D eigenvalue weighted by Gasteiger charge is -2.06. The molecule has 0 unspecified atom stereocenters. The smallest absolute Gasteiger partial charge is 0.0946 e. The highest BCUT2D eigenvalue weighted by molar-refractivity contribution is 6.11. The Labute approximate surface area is 123 Å². The number of H-pyrrole nitrogens is 1. The third-order valence-electron chi connectivity index (χ3n) is 3.96. The summed E-state index contributed by atoms with van der Waals surface area (Å²) in [7, 11) is 0. The van der Waals surface area contributed by atoms with Crippen LogP contribution in [0, 0.1) is 0 Å². The number of pyridine rings is 1. The van der Waals surface area contributed by atoms with E-state index in [0.717, 1.165) is 28.9 Å². The van der Waals surface area contributed by atoms with Crippen LogP contribution < -0.4 is 0 Å². The predicted molar refractivity (Wildman–Crippen MR) is 88.4 cm³/mol. The first kappa shape index (κ1) is 12.2. The Kier molecular flexibility index (Phi) is 2.74. The molecule has 2 heterocycles. The third-order valence-corrected chi connectivity index (χ3v) is 3.96. The number of nitrogens with zero attached hydrogens (tertiary/aromatic N) is 1. The van der Waals surface area contributed by atoms with Crippen LogP contribution in [0.3, 0.4) is 0 Å². The molecule has 2 aromatic heterocycles.